The molecule has 0 saturated heterocycles. The zero-order valence-electron chi connectivity index (χ0n) is 33.7. The molecule has 0 amide bonds. The van der Waals surface area contributed by atoms with Gasteiger partial charge < -0.3 is 4.90 Å². The lowest BCUT2D eigenvalue weighted by Crippen LogP contribution is -2.24. The Morgan fingerprint density at radius 2 is 0.883 bits per heavy atom. The number of benzene rings is 11. The van der Waals surface area contributed by atoms with Crippen LogP contribution in [0.25, 0.3) is 87.2 Å². The standard InChI is InChI=1S/C59H41N/c1-59(2)54-22-12-17-41-28-34-56(58(57(41)54)52-32-27-44(36-55(52)59)43-24-23-39-15-6-7-16-42(39)35-43)60(45-29-25-40(26-30-45)38-13-4-3-5-14-38)46-31-33-51-49-20-9-8-18-47(49)48-19-10-11-21-50(48)53(51)37-46/h3-37H,1-2H3. The van der Waals surface area contributed by atoms with Crippen molar-refractivity contribution >= 4 is 70.9 Å². The van der Waals surface area contributed by atoms with Gasteiger partial charge in [0.1, 0.15) is 0 Å². The molecule has 0 unspecified atom stereocenters. The summed E-state index contributed by atoms with van der Waals surface area (Å²) in [6.07, 6.45) is 0. The highest BCUT2D eigenvalue weighted by Crippen LogP contribution is 2.55. The second-order valence-electron chi connectivity index (χ2n) is 16.9. The summed E-state index contributed by atoms with van der Waals surface area (Å²) in [5.74, 6) is 0. The molecular formula is C59H41N. The van der Waals surface area contributed by atoms with E-state index in [0.717, 1.165) is 11.4 Å². The van der Waals surface area contributed by atoms with Gasteiger partial charge in [-0.2, -0.15) is 0 Å². The number of hydrogen-bond donors (Lipinski definition) is 0. The first kappa shape index (κ1) is 34.6. The van der Waals surface area contributed by atoms with Crippen LogP contribution in [-0.4, -0.2) is 0 Å². The highest BCUT2D eigenvalue weighted by molar-refractivity contribution is 6.26. The van der Waals surface area contributed by atoms with Crippen LogP contribution in [-0.2, 0) is 5.41 Å². The van der Waals surface area contributed by atoms with E-state index >= 15 is 0 Å². The molecule has 1 aliphatic carbocycles. The van der Waals surface area contributed by atoms with Crippen LogP contribution in [0.4, 0.5) is 17.1 Å². The van der Waals surface area contributed by atoms with E-state index in [2.05, 4.69) is 231 Å². The predicted molar refractivity (Wildman–Crippen MR) is 257 cm³/mol. The van der Waals surface area contributed by atoms with E-state index < -0.39 is 0 Å². The van der Waals surface area contributed by atoms with E-state index in [1.165, 1.54) is 104 Å². The topological polar surface area (TPSA) is 3.24 Å². The summed E-state index contributed by atoms with van der Waals surface area (Å²) >= 11 is 0. The molecule has 0 bridgehead atoms. The third-order valence-corrected chi connectivity index (χ3v) is 13.2. The molecule has 0 radical (unpaired) electrons. The summed E-state index contributed by atoms with van der Waals surface area (Å²) in [6, 6.07) is 78.9. The van der Waals surface area contributed by atoms with Gasteiger partial charge in [-0.3, -0.25) is 0 Å². The van der Waals surface area contributed by atoms with Crippen LogP contribution in [0.15, 0.2) is 212 Å². The lowest BCUT2D eigenvalue weighted by molar-refractivity contribution is 0.645. The Morgan fingerprint density at radius 3 is 1.63 bits per heavy atom. The predicted octanol–water partition coefficient (Wildman–Crippen LogP) is 16.6. The van der Waals surface area contributed by atoms with Crippen LogP contribution in [0.5, 0.6) is 0 Å². The van der Waals surface area contributed by atoms with Crippen molar-refractivity contribution in [3.63, 3.8) is 0 Å². The highest BCUT2D eigenvalue weighted by Gasteiger charge is 2.36. The molecule has 1 heteroatoms. The van der Waals surface area contributed by atoms with Gasteiger partial charge in [-0.05, 0) is 135 Å². The van der Waals surface area contributed by atoms with Crippen LogP contribution in [0, 0.1) is 0 Å². The van der Waals surface area contributed by atoms with E-state index in [4.69, 9.17) is 0 Å². The largest absolute Gasteiger partial charge is 0.310 e. The molecule has 0 atom stereocenters. The number of fused-ring (bicyclic) bond motifs is 9. The zero-order valence-corrected chi connectivity index (χ0v) is 33.7. The van der Waals surface area contributed by atoms with E-state index in [1.54, 1.807) is 0 Å². The van der Waals surface area contributed by atoms with Crippen LogP contribution in [0.3, 0.4) is 0 Å². The maximum atomic E-state index is 2.50. The fraction of sp³-hybridized carbons (Fsp3) is 0.0508. The van der Waals surface area contributed by atoms with Gasteiger partial charge in [-0.1, -0.05) is 184 Å². The average Bonchev–Trinajstić information content (AvgIpc) is 3.31. The van der Waals surface area contributed by atoms with E-state index in [9.17, 15) is 0 Å². The Kier molecular flexibility index (Phi) is 7.65. The fourth-order valence-electron chi connectivity index (χ4n) is 10.2. The van der Waals surface area contributed by atoms with Gasteiger partial charge in [-0.15, -0.1) is 0 Å². The second kappa shape index (κ2) is 13.3. The van der Waals surface area contributed by atoms with Gasteiger partial charge in [-0.25, -0.2) is 0 Å². The van der Waals surface area contributed by atoms with Crippen LogP contribution < -0.4 is 4.90 Å². The fourth-order valence-corrected chi connectivity index (χ4v) is 10.2. The molecular weight excluding hydrogens is 723 g/mol. The molecule has 60 heavy (non-hydrogen) atoms. The summed E-state index contributed by atoms with van der Waals surface area (Å²) in [4.78, 5) is 2.50. The normalized spacial score (nSPS) is 13.0. The van der Waals surface area contributed by atoms with Crippen molar-refractivity contribution in [1.29, 1.82) is 0 Å². The van der Waals surface area contributed by atoms with E-state index in [0.29, 0.717) is 0 Å². The van der Waals surface area contributed by atoms with Crippen molar-refractivity contribution in [1.82, 2.24) is 0 Å². The van der Waals surface area contributed by atoms with Gasteiger partial charge in [0.05, 0.1) is 5.69 Å². The quantitative estimate of drug-likeness (QED) is 0.158. The Balaban J connectivity index is 1.13. The van der Waals surface area contributed by atoms with Gasteiger partial charge >= 0.3 is 0 Å². The molecule has 0 heterocycles. The molecule has 12 rings (SSSR count). The van der Waals surface area contributed by atoms with E-state index in [-0.39, 0.29) is 5.41 Å². The molecule has 0 fully saturated rings. The minimum Gasteiger partial charge on any atom is -0.310 e. The third kappa shape index (κ3) is 5.26. The average molecular weight is 764 g/mol. The van der Waals surface area contributed by atoms with Crippen molar-refractivity contribution < 1.29 is 0 Å². The Morgan fingerprint density at radius 1 is 0.333 bits per heavy atom. The first-order valence-corrected chi connectivity index (χ1v) is 21.0. The van der Waals surface area contributed by atoms with Crippen molar-refractivity contribution in [2.45, 2.75) is 19.3 Å². The summed E-state index contributed by atoms with van der Waals surface area (Å²) in [5, 5.41) is 12.7. The molecule has 0 spiro atoms. The van der Waals surface area contributed by atoms with Crippen LogP contribution >= 0.6 is 0 Å². The maximum Gasteiger partial charge on any atom is 0.0546 e. The molecule has 0 aromatic heterocycles. The van der Waals surface area contributed by atoms with Gasteiger partial charge in [0.25, 0.3) is 0 Å². The number of anilines is 3. The molecule has 0 N–H and O–H groups in total. The summed E-state index contributed by atoms with van der Waals surface area (Å²) < 4.78 is 0. The van der Waals surface area contributed by atoms with Crippen LogP contribution in [0.2, 0.25) is 0 Å². The molecule has 0 saturated carbocycles. The summed E-state index contributed by atoms with van der Waals surface area (Å²) in [7, 11) is 0. The minimum atomic E-state index is -0.224. The van der Waals surface area contributed by atoms with Crippen molar-refractivity contribution in [2.24, 2.45) is 0 Å². The molecule has 1 nitrogen and oxygen atoms in total. The maximum absolute atomic E-state index is 2.50. The lowest BCUT2D eigenvalue weighted by Gasteiger charge is -2.38. The van der Waals surface area contributed by atoms with Crippen molar-refractivity contribution in [2.75, 3.05) is 4.90 Å². The molecule has 11 aromatic rings. The lowest BCUT2D eigenvalue weighted by atomic mass is 9.67. The zero-order chi connectivity index (χ0) is 40.0. The Hall–Kier alpha value is -7.48. The third-order valence-electron chi connectivity index (χ3n) is 13.2. The van der Waals surface area contributed by atoms with Gasteiger partial charge in [0.15, 0.2) is 0 Å². The number of rotatable bonds is 5. The SMILES string of the molecule is CC1(C)c2cc(-c3ccc4ccccc4c3)ccc2-c2c(N(c3ccc(-c4ccccc4)cc3)c3ccc4c5ccccc5c5ccccc5c4c3)ccc3cccc1c23. The number of hydrogen-bond acceptors (Lipinski definition) is 1. The highest BCUT2D eigenvalue weighted by atomic mass is 15.1. The molecule has 282 valence electrons. The Bertz CT molecular complexity index is 3470. The smallest absolute Gasteiger partial charge is 0.0546 e. The van der Waals surface area contributed by atoms with Gasteiger partial charge in [0.2, 0.25) is 0 Å². The molecule has 11 aromatic carbocycles. The molecule has 0 aliphatic heterocycles. The minimum absolute atomic E-state index is 0.224. The molecule has 1 aliphatic rings. The summed E-state index contributed by atoms with van der Waals surface area (Å²) in [6.45, 7) is 4.80. The van der Waals surface area contributed by atoms with Crippen molar-refractivity contribution in [3.8, 4) is 33.4 Å². The first-order valence-electron chi connectivity index (χ1n) is 21.0. The van der Waals surface area contributed by atoms with Crippen LogP contribution in [0.1, 0.15) is 25.0 Å². The first-order chi connectivity index (χ1) is 29.5. The number of nitrogens with zero attached hydrogens (tertiary/aromatic N) is 1. The summed E-state index contributed by atoms with van der Waals surface area (Å²) in [5.41, 5.74) is 13.3. The monoisotopic (exact) mass is 763 g/mol. The van der Waals surface area contributed by atoms with E-state index in [1.807, 2.05) is 0 Å². The van der Waals surface area contributed by atoms with Gasteiger partial charge in [0, 0.05) is 22.4 Å². The van der Waals surface area contributed by atoms with Crippen molar-refractivity contribution in [3.05, 3.63) is 223 Å². The Labute approximate surface area is 350 Å². The second-order valence-corrected chi connectivity index (χ2v) is 16.9.